The summed E-state index contributed by atoms with van der Waals surface area (Å²) in [4.78, 5) is 17.6. The third kappa shape index (κ3) is 2.52. The third-order valence-electron chi connectivity index (χ3n) is 1.77. The lowest BCUT2D eigenvalue weighted by atomic mass is 10.4. The SMILES string of the molecule is O=C1N=[C-]OC1N=Cc1ccc(C(F)(F)F)o1. The van der Waals surface area contributed by atoms with Crippen LogP contribution in [0, 0.1) is 0 Å². The summed E-state index contributed by atoms with van der Waals surface area (Å²) in [5.41, 5.74) is 0. The zero-order valence-corrected chi connectivity index (χ0v) is 8.06. The minimum absolute atomic E-state index is 0.138. The summed E-state index contributed by atoms with van der Waals surface area (Å²) < 4.78 is 45.5. The van der Waals surface area contributed by atoms with Crippen molar-refractivity contribution < 1.29 is 27.1 Å². The van der Waals surface area contributed by atoms with Gasteiger partial charge in [0.1, 0.15) is 5.76 Å². The summed E-state index contributed by atoms with van der Waals surface area (Å²) in [6, 6.07) is 1.84. The Bertz CT molecular complexity index is 490. The van der Waals surface area contributed by atoms with E-state index >= 15 is 0 Å². The van der Waals surface area contributed by atoms with E-state index in [0.717, 1.165) is 18.3 Å². The van der Waals surface area contributed by atoms with Crippen molar-refractivity contribution in [3.63, 3.8) is 0 Å². The van der Waals surface area contributed by atoms with Gasteiger partial charge < -0.3 is 18.9 Å². The van der Waals surface area contributed by atoms with Gasteiger partial charge in [-0.05, 0) is 12.1 Å². The standard InChI is InChI=1S/C9H4F3N2O3/c10-9(11,12)6-2-1-5(17-6)3-13-8-7(15)14-4-16-8/h1-3,8H/q-1. The van der Waals surface area contributed by atoms with Crippen molar-refractivity contribution in [3.05, 3.63) is 23.7 Å². The van der Waals surface area contributed by atoms with Gasteiger partial charge in [0.15, 0.2) is 12.1 Å². The van der Waals surface area contributed by atoms with Crippen LogP contribution < -0.4 is 0 Å². The topological polar surface area (TPSA) is 64.2 Å². The van der Waals surface area contributed by atoms with Crippen LogP contribution in [0.15, 0.2) is 26.5 Å². The zero-order valence-electron chi connectivity index (χ0n) is 8.06. The van der Waals surface area contributed by atoms with Crippen molar-refractivity contribution in [1.82, 2.24) is 0 Å². The number of alkyl halides is 3. The molecule has 1 aliphatic rings. The normalized spacial score (nSPS) is 20.2. The molecule has 0 aromatic carbocycles. The Kier molecular flexibility index (Phi) is 2.70. The second-order valence-electron chi connectivity index (χ2n) is 2.99. The Morgan fingerprint density at radius 2 is 2.24 bits per heavy atom. The lowest BCUT2D eigenvalue weighted by Crippen LogP contribution is -2.12. The fourth-order valence-electron chi connectivity index (χ4n) is 1.04. The second kappa shape index (κ2) is 4.04. The number of aliphatic imine (C=N–C) groups is 2. The van der Waals surface area contributed by atoms with E-state index in [-0.39, 0.29) is 5.76 Å². The van der Waals surface area contributed by atoms with Crippen LogP contribution >= 0.6 is 0 Å². The van der Waals surface area contributed by atoms with Crippen LogP contribution in [-0.4, -0.2) is 24.8 Å². The molecular formula is C9H4F3N2O3-. The number of hydrogen-bond donors (Lipinski definition) is 0. The molecule has 1 amide bonds. The number of amides is 1. The first-order valence-corrected chi connectivity index (χ1v) is 4.32. The number of nitrogens with zero attached hydrogens (tertiary/aromatic N) is 2. The van der Waals surface area contributed by atoms with E-state index in [1.165, 1.54) is 0 Å². The number of halogens is 3. The number of hydrogen-bond acceptors (Lipinski definition) is 4. The first-order chi connectivity index (χ1) is 7.97. The highest BCUT2D eigenvalue weighted by atomic mass is 19.4. The Balaban J connectivity index is 2.07. The van der Waals surface area contributed by atoms with Crippen LogP contribution in [0.1, 0.15) is 11.5 Å². The zero-order chi connectivity index (χ0) is 12.5. The molecule has 0 spiro atoms. The average molecular weight is 245 g/mol. The van der Waals surface area contributed by atoms with Crippen LogP contribution in [-0.2, 0) is 15.7 Å². The van der Waals surface area contributed by atoms with E-state index in [1.54, 1.807) is 0 Å². The van der Waals surface area contributed by atoms with Crippen LogP contribution in [0.4, 0.5) is 13.2 Å². The van der Waals surface area contributed by atoms with Gasteiger partial charge in [-0.1, -0.05) is 0 Å². The molecule has 2 heterocycles. The van der Waals surface area contributed by atoms with Gasteiger partial charge in [-0.2, -0.15) is 13.2 Å². The molecule has 1 aromatic heterocycles. The number of ether oxygens (including phenoxy) is 1. The van der Waals surface area contributed by atoms with Gasteiger partial charge in [0.2, 0.25) is 5.76 Å². The van der Waals surface area contributed by atoms with Crippen LogP contribution in [0.3, 0.4) is 0 Å². The highest BCUT2D eigenvalue weighted by Gasteiger charge is 2.34. The number of carbonyl (C=O) groups is 1. The van der Waals surface area contributed by atoms with Crippen molar-refractivity contribution in [1.29, 1.82) is 0 Å². The number of rotatable bonds is 2. The van der Waals surface area contributed by atoms with Gasteiger partial charge in [0, 0.05) is 6.40 Å². The summed E-state index contributed by atoms with van der Waals surface area (Å²) >= 11 is 0. The maximum absolute atomic E-state index is 12.2. The van der Waals surface area contributed by atoms with Crippen molar-refractivity contribution >= 4 is 18.5 Å². The molecular weight excluding hydrogens is 241 g/mol. The molecule has 1 aliphatic heterocycles. The summed E-state index contributed by atoms with van der Waals surface area (Å²) in [6.07, 6.45) is -2.85. The fourth-order valence-corrected chi connectivity index (χ4v) is 1.04. The second-order valence-corrected chi connectivity index (χ2v) is 2.99. The number of carbonyl (C=O) groups excluding carboxylic acids is 1. The van der Waals surface area contributed by atoms with E-state index in [0.29, 0.717) is 0 Å². The molecule has 0 fully saturated rings. The molecule has 0 bridgehead atoms. The molecule has 8 heteroatoms. The van der Waals surface area contributed by atoms with Crippen molar-refractivity contribution in [2.45, 2.75) is 12.4 Å². The Labute approximate surface area is 92.6 Å². The van der Waals surface area contributed by atoms with E-state index in [9.17, 15) is 18.0 Å². The van der Waals surface area contributed by atoms with Gasteiger partial charge in [-0.15, -0.1) is 0 Å². The van der Waals surface area contributed by atoms with E-state index in [2.05, 4.69) is 19.1 Å². The highest BCUT2D eigenvalue weighted by Crippen LogP contribution is 2.30. The molecule has 0 saturated carbocycles. The molecule has 0 aliphatic carbocycles. The van der Waals surface area contributed by atoms with Crippen LogP contribution in [0.25, 0.3) is 0 Å². The minimum atomic E-state index is -4.55. The Morgan fingerprint density at radius 3 is 2.76 bits per heavy atom. The number of furan rings is 1. The third-order valence-corrected chi connectivity index (χ3v) is 1.77. The average Bonchev–Trinajstić information content (AvgIpc) is 2.82. The summed E-state index contributed by atoms with van der Waals surface area (Å²) in [5, 5.41) is 0. The quantitative estimate of drug-likeness (QED) is 0.586. The molecule has 1 atom stereocenters. The van der Waals surface area contributed by atoms with Crippen LogP contribution in [0.5, 0.6) is 0 Å². The van der Waals surface area contributed by atoms with Gasteiger partial charge in [-0.25, -0.2) is 0 Å². The molecule has 0 radical (unpaired) electrons. The van der Waals surface area contributed by atoms with Crippen molar-refractivity contribution in [3.8, 4) is 0 Å². The summed E-state index contributed by atoms with van der Waals surface area (Å²) in [5.74, 6) is -1.95. The largest absolute Gasteiger partial charge is 0.560 e. The highest BCUT2D eigenvalue weighted by molar-refractivity contribution is 5.92. The minimum Gasteiger partial charge on any atom is -0.560 e. The summed E-state index contributed by atoms with van der Waals surface area (Å²) in [6.45, 7) is 0. The first-order valence-electron chi connectivity index (χ1n) is 4.32. The molecule has 2 rings (SSSR count). The van der Waals surface area contributed by atoms with Crippen molar-refractivity contribution in [2.75, 3.05) is 0 Å². The van der Waals surface area contributed by atoms with E-state index in [4.69, 9.17) is 0 Å². The molecule has 1 aromatic rings. The maximum Gasteiger partial charge on any atom is 0.449 e. The van der Waals surface area contributed by atoms with Gasteiger partial charge in [0.25, 0.3) is 0 Å². The Hall–Kier alpha value is -2.12. The molecule has 0 saturated heterocycles. The Morgan fingerprint density at radius 1 is 1.47 bits per heavy atom. The van der Waals surface area contributed by atoms with E-state index < -0.39 is 24.1 Å². The molecule has 17 heavy (non-hydrogen) atoms. The molecule has 5 nitrogen and oxygen atoms in total. The van der Waals surface area contributed by atoms with Crippen LogP contribution in [0.2, 0.25) is 0 Å². The lowest BCUT2D eigenvalue weighted by Gasteiger charge is -2.06. The fraction of sp³-hybridized carbons (Fsp3) is 0.222. The van der Waals surface area contributed by atoms with E-state index in [1.807, 2.05) is 6.40 Å². The maximum atomic E-state index is 12.2. The lowest BCUT2D eigenvalue weighted by molar-refractivity contribution is -0.153. The monoisotopic (exact) mass is 245 g/mol. The predicted octanol–water partition coefficient (Wildman–Crippen LogP) is 1.51. The van der Waals surface area contributed by atoms with Crippen molar-refractivity contribution in [2.24, 2.45) is 9.98 Å². The predicted molar refractivity (Wildman–Crippen MR) is 48.6 cm³/mol. The smallest absolute Gasteiger partial charge is 0.449 e. The molecule has 1 unspecified atom stereocenters. The van der Waals surface area contributed by atoms with Gasteiger partial charge in [-0.3, -0.25) is 4.99 Å². The van der Waals surface area contributed by atoms with Gasteiger partial charge >= 0.3 is 6.18 Å². The first kappa shape index (κ1) is 11.4. The van der Waals surface area contributed by atoms with Gasteiger partial charge in [0.05, 0.1) is 6.21 Å². The molecule has 0 N–H and O–H groups in total. The molecule has 90 valence electrons. The summed E-state index contributed by atoms with van der Waals surface area (Å²) in [7, 11) is 0.